The number of ether oxygens (including phenoxy) is 1. The van der Waals surface area contributed by atoms with Gasteiger partial charge in [-0.3, -0.25) is 0 Å². The lowest BCUT2D eigenvalue weighted by Gasteiger charge is -2.19. The van der Waals surface area contributed by atoms with Crippen molar-refractivity contribution in [3.05, 3.63) is 29.3 Å². The van der Waals surface area contributed by atoms with Gasteiger partial charge in [-0.25, -0.2) is 0 Å². The van der Waals surface area contributed by atoms with Gasteiger partial charge in [0, 0.05) is 12.5 Å². The van der Waals surface area contributed by atoms with Crippen LogP contribution in [0.2, 0.25) is 0 Å². The zero-order chi connectivity index (χ0) is 13.0. The first-order valence-corrected chi connectivity index (χ1v) is 7.23. The van der Waals surface area contributed by atoms with E-state index in [-0.39, 0.29) is 0 Å². The molecule has 1 aromatic carbocycles. The van der Waals surface area contributed by atoms with Crippen molar-refractivity contribution in [2.45, 2.75) is 46.1 Å². The second kappa shape index (κ2) is 6.24. The molecule has 1 atom stereocenters. The van der Waals surface area contributed by atoms with Gasteiger partial charge in [-0.1, -0.05) is 38.8 Å². The van der Waals surface area contributed by atoms with Crippen molar-refractivity contribution >= 4 is 0 Å². The summed E-state index contributed by atoms with van der Waals surface area (Å²) in [5.74, 6) is 1.87. The molecule has 18 heavy (non-hydrogen) atoms. The van der Waals surface area contributed by atoms with Crippen LogP contribution in [0.3, 0.4) is 0 Å². The van der Waals surface area contributed by atoms with Gasteiger partial charge < -0.3 is 10.1 Å². The highest BCUT2D eigenvalue weighted by Crippen LogP contribution is 2.28. The Labute approximate surface area is 111 Å². The average molecular weight is 247 g/mol. The van der Waals surface area contributed by atoms with Crippen LogP contribution in [0, 0.1) is 5.92 Å². The van der Waals surface area contributed by atoms with Gasteiger partial charge in [-0.05, 0) is 36.6 Å². The molecule has 0 fully saturated rings. The molecule has 0 amide bonds. The molecule has 100 valence electrons. The van der Waals surface area contributed by atoms with E-state index < -0.39 is 0 Å². The third-order valence-electron chi connectivity index (χ3n) is 4.08. The van der Waals surface area contributed by atoms with Crippen LogP contribution in [0.5, 0.6) is 5.75 Å². The zero-order valence-electron chi connectivity index (χ0n) is 11.8. The quantitative estimate of drug-likeness (QED) is 0.827. The van der Waals surface area contributed by atoms with E-state index in [0.29, 0.717) is 6.04 Å². The Balaban J connectivity index is 1.94. The largest absolute Gasteiger partial charge is 0.493 e. The molecule has 1 aliphatic heterocycles. The summed E-state index contributed by atoms with van der Waals surface area (Å²) in [4.78, 5) is 0. The van der Waals surface area contributed by atoms with E-state index in [2.05, 4.69) is 44.3 Å². The maximum atomic E-state index is 5.55. The number of benzene rings is 1. The molecule has 2 heteroatoms. The predicted molar refractivity (Wildman–Crippen MR) is 76.1 cm³/mol. The number of hydrogen-bond acceptors (Lipinski definition) is 2. The molecule has 1 unspecified atom stereocenters. The molecule has 0 saturated carbocycles. The second-order valence-electron chi connectivity index (χ2n) is 5.28. The van der Waals surface area contributed by atoms with Crippen molar-refractivity contribution in [2.75, 3.05) is 13.2 Å². The third-order valence-corrected chi connectivity index (χ3v) is 4.08. The summed E-state index contributed by atoms with van der Waals surface area (Å²) in [5, 5.41) is 3.65. The van der Waals surface area contributed by atoms with Gasteiger partial charge >= 0.3 is 0 Å². The summed E-state index contributed by atoms with van der Waals surface area (Å²) < 4.78 is 5.55. The Hall–Kier alpha value is -1.02. The van der Waals surface area contributed by atoms with Gasteiger partial charge in [-0.15, -0.1) is 0 Å². The Morgan fingerprint density at radius 2 is 2.06 bits per heavy atom. The van der Waals surface area contributed by atoms with Crippen molar-refractivity contribution in [1.29, 1.82) is 0 Å². The van der Waals surface area contributed by atoms with Crippen molar-refractivity contribution in [2.24, 2.45) is 5.92 Å². The molecule has 1 aliphatic rings. The van der Waals surface area contributed by atoms with Gasteiger partial charge in [0.2, 0.25) is 0 Å². The van der Waals surface area contributed by atoms with E-state index in [0.717, 1.165) is 31.2 Å². The molecule has 2 rings (SSSR count). The standard InChI is InChI=1S/C16H25NO/c1-4-13(5-2)11-17-12(3)14-6-7-16-15(10-14)8-9-18-16/h6-7,10,12-13,17H,4-5,8-9,11H2,1-3H3. The van der Waals surface area contributed by atoms with Crippen LogP contribution in [0.4, 0.5) is 0 Å². The van der Waals surface area contributed by atoms with Crippen molar-refractivity contribution in [3.63, 3.8) is 0 Å². The summed E-state index contributed by atoms with van der Waals surface area (Å²) in [6.07, 6.45) is 3.57. The lowest BCUT2D eigenvalue weighted by molar-refractivity contribution is 0.356. The topological polar surface area (TPSA) is 21.3 Å². The molecular formula is C16H25NO. The van der Waals surface area contributed by atoms with Crippen LogP contribution in [0.15, 0.2) is 18.2 Å². The first kappa shape index (κ1) is 13.4. The maximum absolute atomic E-state index is 5.55. The minimum absolute atomic E-state index is 0.427. The zero-order valence-corrected chi connectivity index (χ0v) is 11.8. The Morgan fingerprint density at radius 1 is 1.28 bits per heavy atom. The SMILES string of the molecule is CCC(CC)CNC(C)c1ccc2c(c1)CCO2. The fourth-order valence-electron chi connectivity index (χ4n) is 2.51. The maximum Gasteiger partial charge on any atom is 0.122 e. The normalized spacial score (nSPS) is 15.6. The number of fused-ring (bicyclic) bond motifs is 1. The first-order chi connectivity index (χ1) is 8.74. The van der Waals surface area contributed by atoms with Crippen molar-refractivity contribution < 1.29 is 4.74 Å². The lowest BCUT2D eigenvalue weighted by atomic mass is 10.0. The van der Waals surface area contributed by atoms with Crippen LogP contribution >= 0.6 is 0 Å². The predicted octanol–water partition coefficient (Wildman–Crippen LogP) is 3.71. The van der Waals surface area contributed by atoms with E-state index in [4.69, 9.17) is 4.74 Å². The minimum Gasteiger partial charge on any atom is -0.493 e. The van der Waals surface area contributed by atoms with E-state index in [1.807, 2.05) is 0 Å². The fourth-order valence-corrected chi connectivity index (χ4v) is 2.51. The Morgan fingerprint density at radius 3 is 2.78 bits per heavy atom. The highest BCUT2D eigenvalue weighted by molar-refractivity contribution is 5.40. The first-order valence-electron chi connectivity index (χ1n) is 7.23. The Bertz CT molecular complexity index is 385. The summed E-state index contributed by atoms with van der Waals surface area (Å²) in [7, 11) is 0. The number of rotatable bonds is 6. The second-order valence-corrected chi connectivity index (χ2v) is 5.28. The molecule has 0 saturated heterocycles. The van der Waals surface area contributed by atoms with Gasteiger partial charge in [0.05, 0.1) is 6.61 Å². The van der Waals surface area contributed by atoms with E-state index in [9.17, 15) is 0 Å². The summed E-state index contributed by atoms with van der Waals surface area (Å²) >= 11 is 0. The van der Waals surface area contributed by atoms with Gasteiger partial charge in [0.25, 0.3) is 0 Å². The smallest absolute Gasteiger partial charge is 0.122 e. The summed E-state index contributed by atoms with van der Waals surface area (Å²) in [6, 6.07) is 7.03. The molecule has 2 nitrogen and oxygen atoms in total. The average Bonchev–Trinajstić information content (AvgIpc) is 2.86. The molecule has 0 bridgehead atoms. The van der Waals surface area contributed by atoms with Crippen LogP contribution in [-0.4, -0.2) is 13.2 Å². The van der Waals surface area contributed by atoms with E-state index in [1.165, 1.54) is 24.0 Å². The molecular weight excluding hydrogens is 222 g/mol. The molecule has 0 aromatic heterocycles. The highest BCUT2D eigenvalue weighted by atomic mass is 16.5. The van der Waals surface area contributed by atoms with Crippen LogP contribution in [0.25, 0.3) is 0 Å². The third kappa shape index (κ3) is 3.05. The molecule has 0 aliphatic carbocycles. The van der Waals surface area contributed by atoms with Crippen molar-refractivity contribution in [3.8, 4) is 5.75 Å². The fraction of sp³-hybridized carbons (Fsp3) is 0.625. The molecule has 0 spiro atoms. The number of nitrogens with one attached hydrogen (secondary N) is 1. The Kier molecular flexibility index (Phi) is 4.65. The van der Waals surface area contributed by atoms with E-state index in [1.54, 1.807) is 0 Å². The summed E-state index contributed by atoms with van der Waals surface area (Å²) in [6.45, 7) is 8.75. The molecule has 1 aromatic rings. The van der Waals surface area contributed by atoms with Gasteiger partial charge in [0.15, 0.2) is 0 Å². The lowest BCUT2D eigenvalue weighted by Crippen LogP contribution is -2.25. The minimum atomic E-state index is 0.427. The van der Waals surface area contributed by atoms with Gasteiger partial charge in [-0.2, -0.15) is 0 Å². The molecule has 0 radical (unpaired) electrons. The molecule has 1 N–H and O–H groups in total. The highest BCUT2D eigenvalue weighted by Gasteiger charge is 2.14. The molecule has 1 heterocycles. The van der Waals surface area contributed by atoms with Gasteiger partial charge in [0.1, 0.15) is 5.75 Å². The van der Waals surface area contributed by atoms with E-state index >= 15 is 0 Å². The monoisotopic (exact) mass is 247 g/mol. The summed E-state index contributed by atoms with van der Waals surface area (Å²) in [5.41, 5.74) is 2.74. The van der Waals surface area contributed by atoms with Crippen LogP contribution in [0.1, 0.15) is 50.8 Å². The van der Waals surface area contributed by atoms with Crippen molar-refractivity contribution in [1.82, 2.24) is 5.32 Å². The number of hydrogen-bond donors (Lipinski definition) is 1. The van der Waals surface area contributed by atoms with Crippen LogP contribution in [-0.2, 0) is 6.42 Å². The van der Waals surface area contributed by atoms with Crippen LogP contribution < -0.4 is 10.1 Å².